The van der Waals surface area contributed by atoms with E-state index < -0.39 is 109 Å². The fourth-order valence-corrected chi connectivity index (χ4v) is 4.71. The summed E-state index contributed by atoms with van der Waals surface area (Å²) in [6.07, 6.45) is -0.918. The Kier molecular flexibility index (Phi) is 18.1. The van der Waals surface area contributed by atoms with Crippen molar-refractivity contribution < 1.29 is 48.6 Å². The first-order valence-electron chi connectivity index (χ1n) is 16.1. The Morgan fingerprint density at radius 3 is 1.58 bits per heavy atom. The lowest BCUT2D eigenvalue weighted by atomic mass is 9.96. The topological polar surface area (TPSA) is 315 Å². The van der Waals surface area contributed by atoms with Crippen molar-refractivity contribution in [3.8, 4) is 0 Å². The molecule has 0 saturated heterocycles. The van der Waals surface area contributed by atoms with E-state index in [4.69, 9.17) is 17.2 Å². The maximum absolute atomic E-state index is 13.2. The highest BCUT2D eigenvalue weighted by Gasteiger charge is 2.35. The highest BCUT2D eigenvalue weighted by atomic mass is 16.4. The summed E-state index contributed by atoms with van der Waals surface area (Å²) in [7, 11) is 0. The monoisotopic (exact) mass is 706 g/mol. The Morgan fingerprint density at radius 1 is 0.680 bits per heavy atom. The van der Waals surface area contributed by atoms with Gasteiger partial charge in [0, 0.05) is 0 Å². The second-order valence-electron chi connectivity index (χ2n) is 12.4. The predicted octanol–water partition coefficient (Wildman–Crippen LogP) is -3.10. The van der Waals surface area contributed by atoms with E-state index in [-0.39, 0.29) is 18.8 Å². The number of benzene rings is 1. The molecule has 0 aromatic heterocycles. The molecule has 0 bridgehead atoms. The highest BCUT2D eigenvalue weighted by Crippen LogP contribution is 2.11. The molecular formula is C32H50N8O10. The lowest BCUT2D eigenvalue weighted by Gasteiger charge is -2.28. The molecule has 0 heterocycles. The van der Waals surface area contributed by atoms with E-state index in [9.17, 15) is 48.6 Å². The largest absolute Gasteiger partial charge is 0.480 e. The van der Waals surface area contributed by atoms with Crippen molar-refractivity contribution in [2.45, 2.75) is 96.1 Å². The number of nitrogens with two attached hydrogens (primary N) is 3. The maximum Gasteiger partial charge on any atom is 0.326 e. The van der Waals surface area contributed by atoms with Crippen LogP contribution in [-0.2, 0) is 44.8 Å². The number of rotatable bonds is 22. The van der Waals surface area contributed by atoms with Crippen LogP contribution in [0.2, 0.25) is 0 Å². The van der Waals surface area contributed by atoms with Gasteiger partial charge >= 0.3 is 5.97 Å². The number of primary amides is 2. The second-order valence-corrected chi connectivity index (χ2v) is 12.4. The van der Waals surface area contributed by atoms with Crippen molar-refractivity contribution in [1.29, 1.82) is 0 Å². The van der Waals surface area contributed by atoms with Crippen LogP contribution >= 0.6 is 0 Å². The van der Waals surface area contributed by atoms with Gasteiger partial charge in [-0.15, -0.1) is 0 Å². The molecule has 0 aliphatic heterocycles. The van der Waals surface area contributed by atoms with E-state index in [0.717, 1.165) is 5.56 Å². The molecule has 18 heteroatoms. The van der Waals surface area contributed by atoms with Gasteiger partial charge in [-0.05, 0) is 30.2 Å². The molecule has 0 spiro atoms. The number of carboxylic acids is 1. The molecule has 13 N–H and O–H groups in total. The van der Waals surface area contributed by atoms with Gasteiger partial charge in [-0.3, -0.25) is 33.6 Å². The maximum atomic E-state index is 13.2. The van der Waals surface area contributed by atoms with Crippen LogP contribution in [0.3, 0.4) is 0 Å². The lowest BCUT2D eigenvalue weighted by molar-refractivity contribution is -0.143. The number of hydrogen-bond acceptors (Lipinski definition) is 10. The Balaban J connectivity index is 3.12. The van der Waals surface area contributed by atoms with E-state index in [1.807, 2.05) is 0 Å². The summed E-state index contributed by atoms with van der Waals surface area (Å²) < 4.78 is 0. The van der Waals surface area contributed by atoms with E-state index in [2.05, 4.69) is 26.6 Å². The van der Waals surface area contributed by atoms with E-state index >= 15 is 0 Å². The third kappa shape index (κ3) is 15.0. The second kappa shape index (κ2) is 21.1. The molecule has 0 saturated carbocycles. The van der Waals surface area contributed by atoms with Gasteiger partial charge in [0.15, 0.2) is 0 Å². The van der Waals surface area contributed by atoms with Gasteiger partial charge < -0.3 is 54.0 Å². The molecule has 7 amide bonds. The number of hydrogen-bond donors (Lipinski definition) is 10. The zero-order chi connectivity index (χ0) is 38.1. The Hall–Kier alpha value is -5.10. The van der Waals surface area contributed by atoms with Crippen LogP contribution in [0.4, 0.5) is 0 Å². The molecule has 1 aromatic rings. The molecule has 1 rings (SSSR count). The number of aliphatic carboxylic acids is 1. The number of amides is 7. The van der Waals surface area contributed by atoms with Gasteiger partial charge in [-0.1, -0.05) is 64.4 Å². The first-order chi connectivity index (χ1) is 23.4. The number of carbonyl (C=O) groups excluding carboxylic acids is 7. The van der Waals surface area contributed by atoms with Crippen LogP contribution in [-0.4, -0.2) is 100 Å². The molecule has 0 unspecified atom stereocenters. The van der Waals surface area contributed by atoms with Crippen molar-refractivity contribution in [2.24, 2.45) is 29.0 Å². The average Bonchev–Trinajstić information content (AvgIpc) is 3.04. The Labute approximate surface area is 290 Å². The molecule has 1 aromatic carbocycles. The van der Waals surface area contributed by atoms with Crippen molar-refractivity contribution in [1.82, 2.24) is 26.6 Å². The van der Waals surface area contributed by atoms with Gasteiger partial charge in [0.2, 0.25) is 41.4 Å². The van der Waals surface area contributed by atoms with Crippen LogP contribution in [0.25, 0.3) is 0 Å². The SMILES string of the molecule is CC[C@H](C)[C@H](NC(=O)[C@H](CO)NC(=O)[C@H](CC(N)=O)NC(=O)[C@H](CC(N)=O)NC(=O)[C@@H](N)Cc1ccccc1)C(=O)N[C@@H](CC(C)C)C(=O)O. The van der Waals surface area contributed by atoms with Gasteiger partial charge in [-0.2, -0.15) is 0 Å². The fourth-order valence-electron chi connectivity index (χ4n) is 4.71. The van der Waals surface area contributed by atoms with Crippen molar-refractivity contribution in [2.75, 3.05) is 6.61 Å². The normalized spacial score (nSPS) is 15.2. The minimum Gasteiger partial charge on any atom is -0.480 e. The zero-order valence-corrected chi connectivity index (χ0v) is 28.6. The summed E-state index contributed by atoms with van der Waals surface area (Å²) in [4.78, 5) is 101. The van der Waals surface area contributed by atoms with Crippen molar-refractivity contribution in [3.63, 3.8) is 0 Å². The third-order valence-electron chi connectivity index (χ3n) is 7.64. The van der Waals surface area contributed by atoms with Crippen LogP contribution in [0, 0.1) is 11.8 Å². The van der Waals surface area contributed by atoms with Crippen LogP contribution < -0.4 is 43.8 Å². The predicted molar refractivity (Wildman–Crippen MR) is 179 cm³/mol. The summed E-state index contributed by atoms with van der Waals surface area (Å²) in [6.45, 7) is 5.91. The number of aliphatic hydroxyl groups excluding tert-OH is 1. The van der Waals surface area contributed by atoms with Crippen molar-refractivity contribution in [3.05, 3.63) is 35.9 Å². The summed E-state index contributed by atoms with van der Waals surface area (Å²) in [6, 6.07) is -0.0139. The first kappa shape index (κ1) is 42.9. The number of nitrogens with one attached hydrogen (secondary N) is 5. The van der Waals surface area contributed by atoms with E-state index in [1.165, 1.54) is 0 Å². The van der Waals surface area contributed by atoms with Crippen molar-refractivity contribution >= 4 is 47.3 Å². The van der Waals surface area contributed by atoms with Crippen LogP contribution in [0.15, 0.2) is 30.3 Å². The molecule has 50 heavy (non-hydrogen) atoms. The number of aliphatic hydroxyl groups is 1. The van der Waals surface area contributed by atoms with Gasteiger partial charge in [0.25, 0.3) is 0 Å². The van der Waals surface area contributed by atoms with Gasteiger partial charge in [0.1, 0.15) is 30.2 Å². The highest BCUT2D eigenvalue weighted by molar-refractivity contribution is 5.98. The summed E-state index contributed by atoms with van der Waals surface area (Å²) in [5, 5.41) is 31.0. The molecule has 0 aliphatic rings. The molecule has 278 valence electrons. The van der Waals surface area contributed by atoms with Crippen LogP contribution in [0.1, 0.15) is 58.9 Å². The summed E-state index contributed by atoms with van der Waals surface area (Å²) in [5.74, 6) is -8.83. The molecular weight excluding hydrogens is 656 g/mol. The molecule has 18 nitrogen and oxygen atoms in total. The third-order valence-corrected chi connectivity index (χ3v) is 7.64. The molecule has 0 radical (unpaired) electrons. The summed E-state index contributed by atoms with van der Waals surface area (Å²) in [5.41, 5.74) is 17.2. The molecule has 0 aliphatic carbocycles. The molecule has 7 atom stereocenters. The van der Waals surface area contributed by atoms with Gasteiger partial charge in [-0.25, -0.2) is 4.79 Å². The first-order valence-corrected chi connectivity index (χ1v) is 16.1. The van der Waals surface area contributed by atoms with E-state index in [1.54, 1.807) is 58.0 Å². The number of carbonyl (C=O) groups is 8. The van der Waals surface area contributed by atoms with Crippen LogP contribution in [0.5, 0.6) is 0 Å². The minimum atomic E-state index is -1.76. The Morgan fingerprint density at radius 2 is 1.14 bits per heavy atom. The Bertz CT molecular complexity index is 1360. The standard InChI is InChI=1S/C32H50N8O10/c1-5-17(4)26(31(48)38-22(32(49)50)11-16(2)3)40-30(47)23(15-41)39-29(46)21(14-25(35)43)37-28(45)20(13-24(34)42)36-27(44)19(33)12-18-9-7-6-8-10-18/h6-10,16-17,19-23,26,41H,5,11-15,33H2,1-4H3,(H2,34,42)(H2,35,43)(H,36,44)(H,37,45)(H,38,48)(H,39,46)(H,40,47)(H,49,50)/t17-,19-,20-,21-,22-,23-,26-/m0/s1. The quantitative estimate of drug-likeness (QED) is 0.0576. The average molecular weight is 707 g/mol. The van der Waals surface area contributed by atoms with Gasteiger partial charge in [0.05, 0.1) is 25.5 Å². The molecule has 0 fully saturated rings. The lowest BCUT2D eigenvalue weighted by Crippen LogP contribution is -2.61. The minimum absolute atomic E-state index is 0.0737. The smallest absolute Gasteiger partial charge is 0.326 e. The van der Waals surface area contributed by atoms with E-state index in [0.29, 0.717) is 6.42 Å². The zero-order valence-electron chi connectivity index (χ0n) is 28.6. The number of carboxylic acid groups (broad SMARTS) is 1. The summed E-state index contributed by atoms with van der Waals surface area (Å²) >= 11 is 0. The fraction of sp³-hybridized carbons (Fsp3) is 0.562.